The first kappa shape index (κ1) is 7.46. The van der Waals surface area contributed by atoms with E-state index in [2.05, 4.69) is 17.0 Å². The van der Waals surface area contributed by atoms with Crippen molar-refractivity contribution >= 4 is 12.1 Å². The molecule has 3 N–H and O–H groups in total. The molecule has 0 saturated carbocycles. The number of rotatable bonds is 0. The van der Waals surface area contributed by atoms with Crippen molar-refractivity contribution < 1.29 is 14.3 Å². The minimum Gasteiger partial charge on any atom is -0.365 e. The molecule has 0 atom stereocenters. The molecule has 0 saturated heterocycles. The van der Waals surface area contributed by atoms with Gasteiger partial charge in [-0.05, 0) is 0 Å². The molecule has 5 nitrogen and oxygen atoms in total. The topological polar surface area (TPSA) is 81.4 Å². The summed E-state index contributed by atoms with van der Waals surface area (Å²) in [5, 5.41) is 0. The number of hydrazine groups is 1. The molecule has 0 aromatic rings. The van der Waals surface area contributed by atoms with Crippen LogP contribution in [0.1, 0.15) is 0 Å². The lowest BCUT2D eigenvalue weighted by Gasteiger charge is -1.93. The monoisotopic (exact) mass is 128 g/mol. The molecule has 0 aliphatic heterocycles. The van der Waals surface area contributed by atoms with Crippen LogP contribution >= 0.6 is 0 Å². The highest BCUT2D eigenvalue weighted by Crippen LogP contribution is 1.74. The number of hydrogen-bond donors (Lipinski definition) is 2. The van der Waals surface area contributed by atoms with Crippen LogP contribution in [0.3, 0.4) is 0 Å². The Morgan fingerprint density at radius 1 is 1.67 bits per heavy atom. The molecular weight excluding hydrogens is 124 g/mol. The Bertz CT molecular complexity index is 169. The van der Waals surface area contributed by atoms with Crippen LogP contribution in [0.25, 0.3) is 0 Å². The van der Waals surface area contributed by atoms with E-state index in [0.717, 1.165) is 0 Å². The fourth-order valence-corrected chi connectivity index (χ4v) is 0.143. The third-order valence-corrected chi connectivity index (χ3v) is 0.421. The maximum atomic E-state index is 10.0. The lowest BCUT2D eigenvalue weighted by molar-refractivity contribution is -0.130. The Morgan fingerprint density at radius 2 is 2.22 bits per heavy atom. The van der Waals surface area contributed by atoms with E-state index >= 15 is 0 Å². The van der Waals surface area contributed by atoms with Gasteiger partial charge in [-0.1, -0.05) is 0 Å². The number of carbonyl (C=O) groups is 2. The van der Waals surface area contributed by atoms with Gasteiger partial charge < -0.3 is 4.74 Å². The summed E-state index contributed by atoms with van der Waals surface area (Å²) in [5.74, 6) is 5.01. The lowest BCUT2D eigenvalue weighted by Crippen LogP contribution is -2.32. The lowest BCUT2D eigenvalue weighted by atomic mass is 10.7. The molecule has 0 fully saturated rings. The van der Waals surface area contributed by atoms with E-state index in [-0.39, 0.29) is 0 Å². The maximum absolute atomic E-state index is 10.0. The second-order valence-electron chi connectivity index (χ2n) is 0.966. The molecule has 0 bridgehead atoms. The highest BCUT2D eigenvalue weighted by molar-refractivity contribution is 5.95. The van der Waals surface area contributed by atoms with Crippen LogP contribution < -0.4 is 11.3 Å². The van der Waals surface area contributed by atoms with Gasteiger partial charge in [-0.2, -0.15) is 0 Å². The van der Waals surface area contributed by atoms with Crippen LogP contribution in [0.2, 0.25) is 0 Å². The van der Waals surface area contributed by atoms with Crippen molar-refractivity contribution in [1.29, 1.82) is 0 Å². The van der Waals surface area contributed by atoms with Crippen molar-refractivity contribution in [2.24, 2.45) is 5.84 Å². The fraction of sp³-hybridized carbons (Fsp3) is 0. The molecule has 0 aromatic heterocycles. The minimum absolute atomic E-state index is 1.07. The standard InChI is InChI=1S/C4H4N2O3/c1-2-3(7)9-4(8)6-5/h1H,5H2,(H,6,8). The van der Waals surface area contributed by atoms with E-state index in [0.29, 0.717) is 0 Å². The molecule has 1 amide bonds. The Kier molecular flexibility index (Phi) is 2.87. The number of nitrogens with one attached hydrogen (secondary N) is 1. The number of esters is 1. The maximum Gasteiger partial charge on any atom is 0.429 e. The second kappa shape index (κ2) is 3.46. The third kappa shape index (κ3) is 3.08. The molecule has 0 unspecified atom stereocenters. The first-order chi connectivity index (χ1) is 4.20. The summed E-state index contributed by atoms with van der Waals surface area (Å²) in [6, 6.07) is 0. The van der Waals surface area contributed by atoms with Gasteiger partial charge in [-0.25, -0.2) is 15.4 Å². The van der Waals surface area contributed by atoms with Gasteiger partial charge in [0.15, 0.2) is 0 Å². The summed E-state index contributed by atoms with van der Waals surface area (Å²) in [6.07, 6.45) is 3.46. The van der Waals surface area contributed by atoms with Crippen molar-refractivity contribution in [2.45, 2.75) is 0 Å². The van der Waals surface area contributed by atoms with Crippen molar-refractivity contribution in [1.82, 2.24) is 5.43 Å². The molecule has 0 heterocycles. The van der Waals surface area contributed by atoms with Gasteiger partial charge in [0.2, 0.25) is 0 Å². The van der Waals surface area contributed by atoms with Crippen LogP contribution in [0.4, 0.5) is 4.79 Å². The second-order valence-corrected chi connectivity index (χ2v) is 0.966. The number of nitrogens with two attached hydrogens (primary N) is 1. The molecule has 48 valence electrons. The van der Waals surface area contributed by atoms with Gasteiger partial charge in [0, 0.05) is 5.92 Å². The van der Waals surface area contributed by atoms with Gasteiger partial charge in [-0.15, -0.1) is 6.42 Å². The largest absolute Gasteiger partial charge is 0.429 e. The number of terminal acetylenes is 1. The molecule has 0 aromatic carbocycles. The van der Waals surface area contributed by atoms with Crippen LogP contribution in [0, 0.1) is 12.3 Å². The van der Waals surface area contributed by atoms with E-state index in [9.17, 15) is 9.59 Å². The summed E-state index contributed by atoms with van der Waals surface area (Å²) in [5.41, 5.74) is 1.55. The van der Waals surface area contributed by atoms with Crippen LogP contribution in [-0.2, 0) is 9.53 Å². The molecule has 5 heteroatoms. The summed E-state index contributed by atoms with van der Waals surface area (Å²) in [7, 11) is 0. The summed E-state index contributed by atoms with van der Waals surface area (Å²) >= 11 is 0. The molecule has 0 spiro atoms. The van der Waals surface area contributed by atoms with Gasteiger partial charge >= 0.3 is 12.1 Å². The van der Waals surface area contributed by atoms with E-state index < -0.39 is 12.1 Å². The number of ether oxygens (including phenoxy) is 1. The van der Waals surface area contributed by atoms with E-state index in [1.807, 2.05) is 0 Å². The Labute approximate surface area is 51.1 Å². The van der Waals surface area contributed by atoms with Crippen molar-refractivity contribution in [3.05, 3.63) is 0 Å². The average molecular weight is 128 g/mol. The predicted octanol–water partition coefficient (Wildman–Crippen LogP) is -1.25. The third-order valence-electron chi connectivity index (χ3n) is 0.421. The zero-order chi connectivity index (χ0) is 7.28. The van der Waals surface area contributed by atoms with Crippen molar-refractivity contribution in [2.75, 3.05) is 0 Å². The molecule has 0 aliphatic rings. The Balaban J connectivity index is 3.64. The van der Waals surface area contributed by atoms with Crippen molar-refractivity contribution in [3.8, 4) is 12.3 Å². The van der Waals surface area contributed by atoms with Crippen LogP contribution in [0.15, 0.2) is 0 Å². The number of amides is 1. The molecular formula is C4H4N2O3. The minimum atomic E-state index is -1.07. The SMILES string of the molecule is C#CC(=O)OC(=O)NN. The molecule has 0 aliphatic carbocycles. The highest BCUT2D eigenvalue weighted by Gasteiger charge is 2.02. The Hall–Kier alpha value is -1.54. The van der Waals surface area contributed by atoms with Gasteiger partial charge in [0.1, 0.15) is 0 Å². The highest BCUT2D eigenvalue weighted by atomic mass is 16.6. The normalized spacial score (nSPS) is 7.11. The summed E-state index contributed by atoms with van der Waals surface area (Å²) in [4.78, 5) is 20.0. The molecule has 9 heavy (non-hydrogen) atoms. The van der Waals surface area contributed by atoms with Crippen LogP contribution in [-0.4, -0.2) is 12.1 Å². The van der Waals surface area contributed by atoms with E-state index in [1.165, 1.54) is 0 Å². The summed E-state index contributed by atoms with van der Waals surface area (Å²) in [6.45, 7) is 0. The van der Waals surface area contributed by atoms with E-state index in [1.54, 1.807) is 11.3 Å². The van der Waals surface area contributed by atoms with Gasteiger partial charge in [-0.3, -0.25) is 5.43 Å². The zero-order valence-corrected chi connectivity index (χ0v) is 4.38. The molecule has 0 rings (SSSR count). The first-order valence-corrected chi connectivity index (χ1v) is 1.89. The van der Waals surface area contributed by atoms with E-state index in [4.69, 9.17) is 0 Å². The van der Waals surface area contributed by atoms with Gasteiger partial charge in [0.25, 0.3) is 0 Å². The smallest absolute Gasteiger partial charge is 0.365 e. The first-order valence-electron chi connectivity index (χ1n) is 1.89. The van der Waals surface area contributed by atoms with Crippen molar-refractivity contribution in [3.63, 3.8) is 0 Å². The predicted molar refractivity (Wildman–Crippen MR) is 27.6 cm³/mol. The zero-order valence-electron chi connectivity index (χ0n) is 4.38. The Morgan fingerprint density at radius 3 is 2.56 bits per heavy atom. The average Bonchev–Trinajstić information content (AvgIpc) is 1.87. The number of carbonyl (C=O) groups excluding carboxylic acids is 2. The number of hydrogen-bond acceptors (Lipinski definition) is 4. The van der Waals surface area contributed by atoms with Crippen LogP contribution in [0.5, 0.6) is 0 Å². The summed E-state index contributed by atoms with van der Waals surface area (Å²) < 4.78 is 3.80. The fourth-order valence-electron chi connectivity index (χ4n) is 0.143. The van der Waals surface area contributed by atoms with Gasteiger partial charge in [0.05, 0.1) is 0 Å². The quantitative estimate of drug-likeness (QED) is 0.0811. The molecule has 0 radical (unpaired) electrons.